The van der Waals surface area contributed by atoms with E-state index in [4.69, 9.17) is 5.73 Å². The van der Waals surface area contributed by atoms with Crippen molar-refractivity contribution >= 4 is 15.9 Å². The van der Waals surface area contributed by atoms with Crippen molar-refractivity contribution < 1.29 is 13.2 Å². The number of nitrogens with one attached hydrogen (secondary N) is 2. The van der Waals surface area contributed by atoms with Crippen LogP contribution in [0, 0.1) is 26.7 Å². The molecule has 0 aromatic heterocycles. The van der Waals surface area contributed by atoms with Crippen molar-refractivity contribution in [1.82, 2.24) is 10.0 Å². The number of rotatable bonds is 8. The Bertz CT molecular complexity index is 733. The first kappa shape index (κ1) is 21.9. The van der Waals surface area contributed by atoms with Gasteiger partial charge in [0.2, 0.25) is 15.9 Å². The molecule has 1 aliphatic rings. The van der Waals surface area contributed by atoms with E-state index in [1.54, 1.807) is 13.8 Å². The summed E-state index contributed by atoms with van der Waals surface area (Å²) < 4.78 is 27.8. The number of nitrogens with two attached hydrogens (primary N) is 1. The Kier molecular flexibility index (Phi) is 7.82. The summed E-state index contributed by atoms with van der Waals surface area (Å²) in [5, 5.41) is 2.99. The minimum atomic E-state index is -3.64. The molecule has 0 saturated heterocycles. The van der Waals surface area contributed by atoms with Crippen LogP contribution in [0.25, 0.3) is 0 Å². The lowest BCUT2D eigenvalue weighted by molar-refractivity contribution is -0.122. The highest BCUT2D eigenvalue weighted by molar-refractivity contribution is 7.89. The summed E-state index contributed by atoms with van der Waals surface area (Å²) in [7, 11) is -3.64. The first-order valence-corrected chi connectivity index (χ1v) is 11.3. The monoisotopic (exact) mass is 395 g/mol. The second kappa shape index (κ2) is 9.66. The van der Waals surface area contributed by atoms with Gasteiger partial charge in [0.1, 0.15) is 0 Å². The summed E-state index contributed by atoms with van der Waals surface area (Å²) in [6.45, 7) is 6.01. The fraction of sp³-hybridized carbons (Fsp3) is 0.650. The third-order valence-corrected chi connectivity index (χ3v) is 7.10. The number of hydrogen-bond donors (Lipinski definition) is 3. The van der Waals surface area contributed by atoms with Crippen LogP contribution in [0.1, 0.15) is 55.2 Å². The fourth-order valence-corrected chi connectivity index (χ4v) is 5.63. The highest BCUT2D eigenvalue weighted by Gasteiger charge is 2.24. The van der Waals surface area contributed by atoms with Gasteiger partial charge in [-0.2, -0.15) is 0 Å². The van der Waals surface area contributed by atoms with Crippen LogP contribution in [0.4, 0.5) is 0 Å². The molecule has 1 aromatic rings. The van der Waals surface area contributed by atoms with Crippen molar-refractivity contribution in [2.24, 2.45) is 11.7 Å². The number of hydrogen-bond acceptors (Lipinski definition) is 4. The predicted octanol–water partition coefficient (Wildman–Crippen LogP) is 2.30. The molecule has 6 nitrogen and oxygen atoms in total. The van der Waals surface area contributed by atoms with Crippen molar-refractivity contribution in [1.29, 1.82) is 0 Å². The van der Waals surface area contributed by atoms with Crippen LogP contribution in [-0.4, -0.2) is 33.5 Å². The summed E-state index contributed by atoms with van der Waals surface area (Å²) in [6, 6.07) is 3.69. The van der Waals surface area contributed by atoms with Gasteiger partial charge in [-0.1, -0.05) is 37.0 Å². The minimum Gasteiger partial charge on any atom is -0.352 e. The zero-order valence-electron chi connectivity index (χ0n) is 16.7. The van der Waals surface area contributed by atoms with Crippen LogP contribution in [0.15, 0.2) is 17.0 Å². The fourth-order valence-electron chi connectivity index (χ4n) is 4.15. The van der Waals surface area contributed by atoms with Gasteiger partial charge in [0.05, 0.1) is 4.90 Å². The maximum Gasteiger partial charge on any atom is 0.241 e. The number of carbonyl (C=O) groups is 1. The molecular formula is C20H33N3O3S. The van der Waals surface area contributed by atoms with Crippen LogP contribution in [-0.2, 0) is 14.8 Å². The molecule has 0 aliphatic heterocycles. The number of carbonyl (C=O) groups excluding carboxylic acids is 1. The van der Waals surface area contributed by atoms with Crippen molar-refractivity contribution in [2.75, 3.05) is 13.1 Å². The lowest BCUT2D eigenvalue weighted by atomic mass is 9.84. The van der Waals surface area contributed by atoms with Gasteiger partial charge in [-0.3, -0.25) is 4.79 Å². The number of benzene rings is 1. The minimum absolute atomic E-state index is 0.0176. The molecule has 0 heterocycles. The SMILES string of the molecule is Cc1cc(C)c(S(=O)(=O)NCCC(=O)NC(CN)C2CCCCC2)c(C)c1. The van der Waals surface area contributed by atoms with Gasteiger partial charge in [0, 0.05) is 25.6 Å². The lowest BCUT2D eigenvalue weighted by Gasteiger charge is -2.30. The lowest BCUT2D eigenvalue weighted by Crippen LogP contribution is -2.46. The molecule has 1 atom stereocenters. The largest absolute Gasteiger partial charge is 0.352 e. The van der Waals surface area contributed by atoms with Crippen molar-refractivity contribution in [2.45, 2.75) is 70.2 Å². The van der Waals surface area contributed by atoms with E-state index in [9.17, 15) is 13.2 Å². The van der Waals surface area contributed by atoms with Crippen LogP contribution in [0.5, 0.6) is 0 Å². The first-order valence-electron chi connectivity index (χ1n) is 9.81. The van der Waals surface area contributed by atoms with Gasteiger partial charge in [-0.15, -0.1) is 0 Å². The van der Waals surface area contributed by atoms with E-state index in [-0.39, 0.29) is 24.9 Å². The van der Waals surface area contributed by atoms with E-state index in [1.165, 1.54) is 19.3 Å². The molecule has 1 aromatic carbocycles. The summed E-state index contributed by atoms with van der Waals surface area (Å²) >= 11 is 0. The Morgan fingerprint density at radius 3 is 2.30 bits per heavy atom. The van der Waals surface area contributed by atoms with Crippen LogP contribution >= 0.6 is 0 Å². The van der Waals surface area contributed by atoms with Crippen molar-refractivity contribution in [3.05, 3.63) is 28.8 Å². The molecule has 0 radical (unpaired) electrons. The summed E-state index contributed by atoms with van der Waals surface area (Å²) in [5.41, 5.74) is 8.30. The zero-order chi connectivity index (χ0) is 20.0. The molecule has 1 unspecified atom stereocenters. The highest BCUT2D eigenvalue weighted by atomic mass is 32.2. The molecule has 0 bridgehead atoms. The van der Waals surface area contributed by atoms with Crippen LogP contribution in [0.2, 0.25) is 0 Å². The number of aryl methyl sites for hydroxylation is 3. The molecule has 1 aliphatic carbocycles. The molecule has 152 valence electrons. The highest BCUT2D eigenvalue weighted by Crippen LogP contribution is 2.26. The molecule has 1 saturated carbocycles. The Hall–Kier alpha value is -1.44. The molecule has 4 N–H and O–H groups in total. The van der Waals surface area contributed by atoms with Crippen molar-refractivity contribution in [3.8, 4) is 0 Å². The van der Waals surface area contributed by atoms with Gasteiger partial charge in [-0.25, -0.2) is 13.1 Å². The Balaban J connectivity index is 1.90. The molecular weight excluding hydrogens is 362 g/mol. The second-order valence-electron chi connectivity index (χ2n) is 7.68. The van der Waals surface area contributed by atoms with E-state index >= 15 is 0 Å². The smallest absolute Gasteiger partial charge is 0.241 e. The first-order chi connectivity index (χ1) is 12.7. The zero-order valence-corrected chi connectivity index (χ0v) is 17.5. The molecule has 0 spiro atoms. The summed E-state index contributed by atoms with van der Waals surface area (Å²) in [6.07, 6.45) is 5.92. The van der Waals surface area contributed by atoms with E-state index in [0.717, 1.165) is 18.4 Å². The van der Waals surface area contributed by atoms with E-state index in [2.05, 4.69) is 10.0 Å². The second-order valence-corrected chi connectivity index (χ2v) is 9.39. The Labute approximate surface area is 163 Å². The Morgan fingerprint density at radius 2 is 1.74 bits per heavy atom. The van der Waals surface area contributed by atoms with Gasteiger partial charge in [-0.05, 0) is 50.7 Å². The topological polar surface area (TPSA) is 101 Å². The van der Waals surface area contributed by atoms with E-state index < -0.39 is 10.0 Å². The average Bonchev–Trinajstić information content (AvgIpc) is 2.59. The molecule has 1 amide bonds. The average molecular weight is 396 g/mol. The molecule has 27 heavy (non-hydrogen) atoms. The van der Waals surface area contributed by atoms with E-state index in [0.29, 0.717) is 28.5 Å². The van der Waals surface area contributed by atoms with E-state index in [1.807, 2.05) is 19.1 Å². The third kappa shape index (κ3) is 6.02. The number of amides is 1. The third-order valence-electron chi connectivity index (χ3n) is 5.34. The van der Waals surface area contributed by atoms with Gasteiger partial charge in [0.15, 0.2) is 0 Å². The summed E-state index contributed by atoms with van der Waals surface area (Å²) in [5.74, 6) is 0.276. The predicted molar refractivity (Wildman–Crippen MR) is 108 cm³/mol. The standard InChI is InChI=1S/C20H33N3O3S/c1-14-11-15(2)20(16(3)12-14)27(25,26)22-10-9-19(24)23-18(13-21)17-7-5-4-6-8-17/h11-12,17-18,22H,4-10,13,21H2,1-3H3,(H,23,24). The maximum absolute atomic E-state index is 12.6. The van der Waals surface area contributed by atoms with Crippen LogP contribution in [0.3, 0.4) is 0 Å². The summed E-state index contributed by atoms with van der Waals surface area (Å²) in [4.78, 5) is 12.6. The Morgan fingerprint density at radius 1 is 1.15 bits per heavy atom. The van der Waals surface area contributed by atoms with Gasteiger partial charge in [0.25, 0.3) is 0 Å². The number of sulfonamides is 1. The van der Waals surface area contributed by atoms with Crippen LogP contribution < -0.4 is 15.8 Å². The van der Waals surface area contributed by atoms with Crippen molar-refractivity contribution in [3.63, 3.8) is 0 Å². The van der Waals surface area contributed by atoms with Gasteiger partial charge < -0.3 is 11.1 Å². The molecule has 2 rings (SSSR count). The molecule has 7 heteroatoms. The molecule has 1 fully saturated rings. The normalized spacial score (nSPS) is 16.9. The quantitative estimate of drug-likeness (QED) is 0.628. The maximum atomic E-state index is 12.6. The van der Waals surface area contributed by atoms with Gasteiger partial charge >= 0.3 is 0 Å².